The molecule has 4 aromatic rings. The zero-order chi connectivity index (χ0) is 23.7. The molecule has 0 saturated heterocycles. The van der Waals surface area contributed by atoms with Gasteiger partial charge in [-0.2, -0.15) is 9.40 Å². The highest BCUT2D eigenvalue weighted by Gasteiger charge is 2.32. The van der Waals surface area contributed by atoms with Gasteiger partial charge < -0.3 is 0 Å². The number of aromatic nitrogens is 3. The minimum atomic E-state index is -3.87. The third kappa shape index (κ3) is 4.15. The van der Waals surface area contributed by atoms with Gasteiger partial charge in [0.15, 0.2) is 0 Å². The molecule has 0 bridgehead atoms. The van der Waals surface area contributed by atoms with Crippen LogP contribution in [-0.4, -0.2) is 27.5 Å². The first-order chi connectivity index (χ1) is 16.5. The molecule has 1 atom stereocenters. The Hall–Kier alpha value is -3.36. The summed E-state index contributed by atoms with van der Waals surface area (Å²) in [5.41, 5.74) is 4.17. The van der Waals surface area contributed by atoms with Crippen molar-refractivity contribution in [3.63, 3.8) is 0 Å². The van der Waals surface area contributed by atoms with Crippen LogP contribution in [0.3, 0.4) is 0 Å². The maximum absolute atomic E-state index is 14.7. The Morgan fingerprint density at radius 2 is 1.82 bits per heavy atom. The molecule has 0 aliphatic carbocycles. The Balaban J connectivity index is 1.41. The number of hydrogen-bond acceptors (Lipinski definition) is 4. The number of halogens is 1. The van der Waals surface area contributed by atoms with E-state index in [4.69, 9.17) is 4.98 Å². The van der Waals surface area contributed by atoms with Crippen LogP contribution in [0.25, 0.3) is 5.69 Å². The average molecular weight is 477 g/mol. The second kappa shape index (κ2) is 9.12. The van der Waals surface area contributed by atoms with Gasteiger partial charge in [0.2, 0.25) is 10.0 Å². The third-order valence-electron chi connectivity index (χ3n) is 6.24. The molecule has 0 spiro atoms. The van der Waals surface area contributed by atoms with Gasteiger partial charge in [0, 0.05) is 43.3 Å². The first kappa shape index (κ1) is 22.4. The minimum Gasteiger partial charge on any atom is -0.260 e. The summed E-state index contributed by atoms with van der Waals surface area (Å²) in [4.78, 5) is 4.62. The van der Waals surface area contributed by atoms with Gasteiger partial charge in [0.05, 0.1) is 4.90 Å². The van der Waals surface area contributed by atoms with E-state index in [1.165, 1.54) is 32.9 Å². The fourth-order valence-electron chi connectivity index (χ4n) is 4.48. The fraction of sp³-hybridized carbons (Fsp3) is 0.231. The van der Waals surface area contributed by atoms with Gasteiger partial charge in [-0.15, -0.1) is 0 Å². The maximum Gasteiger partial charge on any atom is 0.243 e. The highest BCUT2D eigenvalue weighted by molar-refractivity contribution is 7.89. The molecule has 0 fully saturated rings. The molecule has 0 amide bonds. The van der Waals surface area contributed by atoms with Crippen molar-refractivity contribution in [2.45, 2.75) is 43.7 Å². The molecule has 1 unspecified atom stereocenters. The largest absolute Gasteiger partial charge is 0.260 e. The van der Waals surface area contributed by atoms with Crippen LogP contribution >= 0.6 is 0 Å². The van der Waals surface area contributed by atoms with Crippen LogP contribution in [-0.2, 0) is 23.1 Å². The van der Waals surface area contributed by atoms with E-state index in [0.717, 1.165) is 35.7 Å². The quantitative estimate of drug-likeness (QED) is 0.375. The summed E-state index contributed by atoms with van der Waals surface area (Å²) >= 11 is 0. The van der Waals surface area contributed by atoms with Gasteiger partial charge in [-0.1, -0.05) is 43.7 Å². The van der Waals surface area contributed by atoms with Crippen molar-refractivity contribution >= 4 is 10.0 Å². The van der Waals surface area contributed by atoms with Crippen molar-refractivity contribution in [3.8, 4) is 5.69 Å². The molecule has 6 nitrogen and oxygen atoms in total. The molecule has 174 valence electrons. The number of sulfonamides is 1. The van der Waals surface area contributed by atoms with Crippen LogP contribution in [0.4, 0.5) is 4.39 Å². The third-order valence-corrected chi connectivity index (χ3v) is 8.03. The van der Waals surface area contributed by atoms with Crippen LogP contribution in [0.15, 0.2) is 84.1 Å². The summed E-state index contributed by atoms with van der Waals surface area (Å²) in [6, 6.07) is 17.9. The van der Waals surface area contributed by atoms with E-state index < -0.39 is 15.8 Å². The molecule has 8 heteroatoms. The number of pyridine rings is 1. The Bertz CT molecular complexity index is 1410. The topological polar surface area (TPSA) is 68.1 Å². The van der Waals surface area contributed by atoms with E-state index in [1.54, 1.807) is 18.5 Å². The second-order valence-electron chi connectivity index (χ2n) is 8.47. The summed E-state index contributed by atoms with van der Waals surface area (Å²) < 4.78 is 44.1. The van der Waals surface area contributed by atoms with E-state index >= 15 is 0 Å². The SMILES string of the molecule is CCCC(c1ccccc1)c1cc2c(cn1)CN(S(=O)(=O)c1ccc(-n3cccn3)c(F)c1)C2. The van der Waals surface area contributed by atoms with E-state index in [1.807, 2.05) is 24.3 Å². The van der Waals surface area contributed by atoms with Crippen molar-refractivity contribution in [2.24, 2.45) is 0 Å². The van der Waals surface area contributed by atoms with Crippen LogP contribution in [0, 0.1) is 5.82 Å². The molecular formula is C26H25FN4O2S. The highest BCUT2D eigenvalue weighted by Crippen LogP contribution is 2.33. The summed E-state index contributed by atoms with van der Waals surface area (Å²) in [6.07, 6.45) is 6.90. The van der Waals surface area contributed by atoms with Crippen LogP contribution in [0.5, 0.6) is 0 Å². The molecule has 0 radical (unpaired) electrons. The standard InChI is InChI=1S/C26H25FN4O2S/c1-2-7-23(19-8-4-3-5-9-19)25-14-20-17-30(18-21(20)16-28-25)34(32,33)22-10-11-26(24(27)15-22)31-13-6-12-29-31/h3-6,8-16,23H,2,7,17-18H2,1H3. The van der Waals surface area contributed by atoms with E-state index in [0.29, 0.717) is 0 Å². The predicted molar refractivity (Wildman–Crippen MR) is 127 cm³/mol. The van der Waals surface area contributed by atoms with Gasteiger partial charge in [-0.05, 0) is 53.4 Å². The van der Waals surface area contributed by atoms with E-state index in [9.17, 15) is 12.8 Å². The number of fused-ring (bicyclic) bond motifs is 1. The first-order valence-corrected chi connectivity index (χ1v) is 12.7. The maximum atomic E-state index is 14.7. The molecule has 5 rings (SSSR count). The van der Waals surface area contributed by atoms with Crippen LogP contribution < -0.4 is 0 Å². The van der Waals surface area contributed by atoms with E-state index in [2.05, 4.69) is 24.2 Å². The summed E-state index contributed by atoms with van der Waals surface area (Å²) in [5, 5.41) is 4.01. The first-order valence-electron chi connectivity index (χ1n) is 11.3. The summed E-state index contributed by atoms with van der Waals surface area (Å²) in [5.74, 6) is -0.484. The van der Waals surface area contributed by atoms with Crippen LogP contribution in [0.2, 0.25) is 0 Å². The van der Waals surface area contributed by atoms with Gasteiger partial charge in [-0.25, -0.2) is 17.5 Å². The zero-order valence-electron chi connectivity index (χ0n) is 18.8. The van der Waals surface area contributed by atoms with Crippen molar-refractivity contribution in [1.29, 1.82) is 0 Å². The molecule has 3 heterocycles. The van der Waals surface area contributed by atoms with Crippen molar-refractivity contribution < 1.29 is 12.8 Å². The van der Waals surface area contributed by atoms with Gasteiger partial charge in [0.25, 0.3) is 0 Å². The molecule has 2 aromatic carbocycles. The monoisotopic (exact) mass is 476 g/mol. The fourth-order valence-corrected chi connectivity index (χ4v) is 5.89. The summed E-state index contributed by atoms with van der Waals surface area (Å²) in [6.45, 7) is 2.61. The number of hydrogen-bond donors (Lipinski definition) is 0. The molecular weight excluding hydrogens is 451 g/mol. The van der Waals surface area contributed by atoms with E-state index in [-0.39, 0.29) is 29.6 Å². The molecule has 0 saturated carbocycles. The van der Waals surface area contributed by atoms with Gasteiger partial charge >= 0.3 is 0 Å². The minimum absolute atomic E-state index is 0.0740. The Morgan fingerprint density at radius 3 is 2.53 bits per heavy atom. The molecule has 0 N–H and O–H groups in total. The molecule has 1 aliphatic rings. The van der Waals surface area contributed by atoms with Gasteiger partial charge in [-0.3, -0.25) is 4.98 Å². The number of nitrogens with zero attached hydrogens (tertiary/aromatic N) is 4. The smallest absolute Gasteiger partial charge is 0.243 e. The lowest BCUT2D eigenvalue weighted by atomic mass is 9.90. The Morgan fingerprint density at radius 1 is 1.03 bits per heavy atom. The summed E-state index contributed by atoms with van der Waals surface area (Å²) in [7, 11) is -3.87. The lowest BCUT2D eigenvalue weighted by Crippen LogP contribution is -2.25. The van der Waals surface area contributed by atoms with Gasteiger partial charge in [0.1, 0.15) is 11.5 Å². The molecule has 34 heavy (non-hydrogen) atoms. The van der Waals surface area contributed by atoms with Crippen molar-refractivity contribution in [1.82, 2.24) is 19.1 Å². The molecule has 2 aromatic heterocycles. The highest BCUT2D eigenvalue weighted by atomic mass is 32.2. The lowest BCUT2D eigenvalue weighted by Gasteiger charge is -2.17. The number of benzene rings is 2. The predicted octanol–water partition coefficient (Wildman–Crippen LogP) is 5.04. The Labute approximate surface area is 198 Å². The second-order valence-corrected chi connectivity index (χ2v) is 10.4. The number of rotatable bonds is 7. The lowest BCUT2D eigenvalue weighted by molar-refractivity contribution is 0.431. The van der Waals surface area contributed by atoms with Crippen molar-refractivity contribution in [2.75, 3.05) is 0 Å². The van der Waals surface area contributed by atoms with Crippen LogP contribution in [0.1, 0.15) is 48.1 Å². The Kier molecular flexibility index (Phi) is 6.02. The average Bonchev–Trinajstić information content (AvgIpc) is 3.53. The van der Waals surface area contributed by atoms with Crippen molar-refractivity contribution in [3.05, 3.63) is 107 Å². The normalized spacial score (nSPS) is 14.8. The zero-order valence-corrected chi connectivity index (χ0v) is 19.6. The molecule has 1 aliphatic heterocycles.